The number of halogens is 1. The normalized spacial score (nSPS) is 11.8. The van der Waals surface area contributed by atoms with E-state index >= 15 is 0 Å². The Balaban J connectivity index is 2.09. The van der Waals surface area contributed by atoms with Crippen LogP contribution in [0.5, 0.6) is 0 Å². The molecule has 0 heterocycles. The molecule has 0 unspecified atom stereocenters. The number of ether oxygens (including phenoxy) is 1. The highest BCUT2D eigenvalue weighted by Gasteiger charge is 2.21. The Morgan fingerprint density at radius 3 is 2.29 bits per heavy atom. The average Bonchev–Trinajstić information content (AvgIpc) is 2.47. The van der Waals surface area contributed by atoms with Crippen molar-refractivity contribution in [3.05, 3.63) is 69.7 Å². The molecule has 2 aromatic rings. The van der Waals surface area contributed by atoms with Crippen molar-refractivity contribution < 1.29 is 14.3 Å². The maximum absolute atomic E-state index is 12.2. The number of aryl methyl sites for hydroxylation is 1. The van der Waals surface area contributed by atoms with Crippen molar-refractivity contribution in [3.63, 3.8) is 0 Å². The lowest BCUT2D eigenvalue weighted by molar-refractivity contribution is 0.0318. The Labute approximate surface area is 132 Å². The molecule has 0 aliphatic rings. The second kappa shape index (κ2) is 6.68. The van der Waals surface area contributed by atoms with Gasteiger partial charge < -0.3 is 4.74 Å². The summed E-state index contributed by atoms with van der Waals surface area (Å²) >= 11 is 3.29. The zero-order valence-corrected chi connectivity index (χ0v) is 13.4. The summed E-state index contributed by atoms with van der Waals surface area (Å²) in [7, 11) is 0. The molecule has 0 spiro atoms. The van der Waals surface area contributed by atoms with Crippen LogP contribution in [-0.4, -0.2) is 17.9 Å². The van der Waals surface area contributed by atoms with Crippen LogP contribution in [0.1, 0.15) is 33.2 Å². The lowest BCUT2D eigenvalue weighted by Gasteiger charge is -2.13. The van der Waals surface area contributed by atoms with Gasteiger partial charge in [0.25, 0.3) is 0 Å². The van der Waals surface area contributed by atoms with Crippen molar-refractivity contribution in [2.75, 3.05) is 0 Å². The number of ketones is 1. The third-order valence-corrected chi connectivity index (χ3v) is 3.77. The van der Waals surface area contributed by atoms with Gasteiger partial charge in [-0.3, -0.25) is 4.79 Å². The van der Waals surface area contributed by atoms with E-state index in [2.05, 4.69) is 15.9 Å². The van der Waals surface area contributed by atoms with Crippen LogP contribution in [-0.2, 0) is 4.74 Å². The van der Waals surface area contributed by atoms with Crippen LogP contribution in [0.3, 0.4) is 0 Å². The molecule has 0 fully saturated rings. The van der Waals surface area contributed by atoms with E-state index in [0.29, 0.717) is 15.6 Å². The number of esters is 1. The van der Waals surface area contributed by atoms with E-state index in [1.54, 1.807) is 37.3 Å². The quantitative estimate of drug-likeness (QED) is 0.615. The fourth-order valence-electron chi connectivity index (χ4n) is 1.86. The van der Waals surface area contributed by atoms with Crippen molar-refractivity contribution in [1.29, 1.82) is 0 Å². The van der Waals surface area contributed by atoms with Gasteiger partial charge in [0.05, 0.1) is 5.56 Å². The predicted octanol–water partition coefficient (Wildman–Crippen LogP) is 4.19. The van der Waals surface area contributed by atoms with Crippen LogP contribution in [0.15, 0.2) is 53.0 Å². The Kier molecular flexibility index (Phi) is 4.91. The molecule has 0 N–H and O–H groups in total. The summed E-state index contributed by atoms with van der Waals surface area (Å²) in [6, 6.07) is 14.1. The molecule has 0 saturated heterocycles. The SMILES string of the molecule is Cc1ccc(C(=O)[C@@H](C)OC(=O)c2ccccc2Br)cc1. The second-order valence-electron chi connectivity index (χ2n) is 4.76. The second-order valence-corrected chi connectivity index (χ2v) is 5.61. The summed E-state index contributed by atoms with van der Waals surface area (Å²) in [5.74, 6) is -0.731. The first-order valence-corrected chi connectivity index (χ1v) is 7.34. The molecule has 2 rings (SSSR count). The fraction of sp³-hybridized carbons (Fsp3) is 0.176. The molecule has 108 valence electrons. The van der Waals surface area contributed by atoms with Crippen LogP contribution < -0.4 is 0 Å². The fourth-order valence-corrected chi connectivity index (χ4v) is 2.30. The van der Waals surface area contributed by atoms with Crippen LogP contribution in [0.4, 0.5) is 0 Å². The van der Waals surface area contributed by atoms with Crippen LogP contribution in [0, 0.1) is 6.92 Å². The van der Waals surface area contributed by atoms with E-state index in [1.807, 2.05) is 25.1 Å². The molecule has 4 heteroatoms. The third-order valence-electron chi connectivity index (χ3n) is 3.08. The number of benzene rings is 2. The zero-order valence-electron chi connectivity index (χ0n) is 11.8. The van der Waals surface area contributed by atoms with Crippen molar-refractivity contribution >= 4 is 27.7 Å². The van der Waals surface area contributed by atoms with Crippen molar-refractivity contribution in [2.45, 2.75) is 20.0 Å². The van der Waals surface area contributed by atoms with Gasteiger partial charge in [-0.1, -0.05) is 42.0 Å². The molecule has 0 bridgehead atoms. The maximum atomic E-state index is 12.2. The molecule has 1 atom stereocenters. The summed E-state index contributed by atoms with van der Waals surface area (Å²) < 4.78 is 5.89. The lowest BCUT2D eigenvalue weighted by atomic mass is 10.1. The third kappa shape index (κ3) is 3.79. The van der Waals surface area contributed by atoms with Gasteiger partial charge in [-0.2, -0.15) is 0 Å². The Bertz CT molecular complexity index is 662. The minimum Gasteiger partial charge on any atom is -0.451 e. The highest BCUT2D eigenvalue weighted by atomic mass is 79.9. The molecule has 0 aliphatic heterocycles. The van der Waals surface area contributed by atoms with E-state index in [4.69, 9.17) is 4.74 Å². The number of hydrogen-bond acceptors (Lipinski definition) is 3. The topological polar surface area (TPSA) is 43.4 Å². The van der Waals surface area contributed by atoms with Crippen LogP contribution >= 0.6 is 15.9 Å². The van der Waals surface area contributed by atoms with Crippen LogP contribution in [0.25, 0.3) is 0 Å². The van der Waals surface area contributed by atoms with Gasteiger partial charge in [0, 0.05) is 10.0 Å². The number of carbonyl (C=O) groups is 2. The highest BCUT2D eigenvalue weighted by Crippen LogP contribution is 2.18. The Morgan fingerprint density at radius 2 is 1.67 bits per heavy atom. The molecule has 21 heavy (non-hydrogen) atoms. The predicted molar refractivity (Wildman–Crippen MR) is 84.5 cm³/mol. The van der Waals surface area contributed by atoms with E-state index in [1.165, 1.54) is 0 Å². The first-order valence-electron chi connectivity index (χ1n) is 6.55. The number of Topliss-reactive ketones (excluding diaryl/α,β-unsaturated/α-hetero) is 1. The standard InChI is InChI=1S/C17H15BrO3/c1-11-7-9-13(10-8-11)16(19)12(2)21-17(20)14-5-3-4-6-15(14)18/h3-10,12H,1-2H3/t12-/m1/s1. The summed E-state index contributed by atoms with van der Waals surface area (Å²) in [5, 5.41) is 0. The molecule has 0 aromatic heterocycles. The van der Waals surface area contributed by atoms with E-state index in [9.17, 15) is 9.59 Å². The van der Waals surface area contributed by atoms with Crippen molar-refractivity contribution in [3.8, 4) is 0 Å². The molecule has 0 saturated carbocycles. The van der Waals surface area contributed by atoms with Gasteiger partial charge in [0.15, 0.2) is 6.10 Å². The number of rotatable bonds is 4. The monoisotopic (exact) mass is 346 g/mol. The van der Waals surface area contributed by atoms with E-state index in [0.717, 1.165) is 5.56 Å². The van der Waals surface area contributed by atoms with Crippen LogP contribution in [0.2, 0.25) is 0 Å². The molecular formula is C17H15BrO3. The molecule has 0 amide bonds. The van der Waals surface area contributed by atoms with Crippen molar-refractivity contribution in [2.24, 2.45) is 0 Å². The Hall–Kier alpha value is -1.94. The summed E-state index contributed by atoms with van der Waals surface area (Å²) in [4.78, 5) is 24.3. The van der Waals surface area contributed by atoms with Gasteiger partial charge in [-0.15, -0.1) is 0 Å². The van der Waals surface area contributed by atoms with Gasteiger partial charge >= 0.3 is 5.97 Å². The lowest BCUT2D eigenvalue weighted by Crippen LogP contribution is -2.24. The van der Waals surface area contributed by atoms with E-state index < -0.39 is 12.1 Å². The minimum atomic E-state index is -0.827. The Morgan fingerprint density at radius 1 is 1.05 bits per heavy atom. The highest BCUT2D eigenvalue weighted by molar-refractivity contribution is 9.10. The van der Waals surface area contributed by atoms with Gasteiger partial charge in [-0.25, -0.2) is 4.79 Å². The summed E-state index contributed by atoms with van der Waals surface area (Å²) in [6.45, 7) is 3.53. The summed E-state index contributed by atoms with van der Waals surface area (Å²) in [5.41, 5.74) is 2.01. The molecular weight excluding hydrogens is 332 g/mol. The first-order chi connectivity index (χ1) is 9.99. The first kappa shape index (κ1) is 15.4. The molecule has 3 nitrogen and oxygen atoms in total. The average molecular weight is 347 g/mol. The number of hydrogen-bond donors (Lipinski definition) is 0. The largest absolute Gasteiger partial charge is 0.451 e. The maximum Gasteiger partial charge on any atom is 0.339 e. The summed E-state index contributed by atoms with van der Waals surface area (Å²) in [6.07, 6.45) is -0.827. The van der Waals surface area contributed by atoms with Gasteiger partial charge in [0.1, 0.15) is 0 Å². The molecule has 0 radical (unpaired) electrons. The molecule has 2 aromatic carbocycles. The van der Waals surface area contributed by atoms with Crippen molar-refractivity contribution in [1.82, 2.24) is 0 Å². The minimum absolute atomic E-state index is 0.213. The van der Waals surface area contributed by atoms with Gasteiger partial charge in [0.2, 0.25) is 5.78 Å². The number of carbonyl (C=O) groups excluding carboxylic acids is 2. The molecule has 0 aliphatic carbocycles. The van der Waals surface area contributed by atoms with E-state index in [-0.39, 0.29) is 5.78 Å². The van der Waals surface area contributed by atoms with Gasteiger partial charge in [-0.05, 0) is 41.9 Å². The smallest absolute Gasteiger partial charge is 0.339 e. The zero-order chi connectivity index (χ0) is 15.4.